The van der Waals surface area contributed by atoms with Gasteiger partial charge in [0.25, 0.3) is 0 Å². The van der Waals surface area contributed by atoms with Crippen LogP contribution in [0.2, 0.25) is 0 Å². The number of fused-ring (bicyclic) bond motifs is 1. The molecule has 1 saturated carbocycles. The van der Waals surface area contributed by atoms with Crippen LogP contribution >= 0.6 is 0 Å². The van der Waals surface area contributed by atoms with Gasteiger partial charge >= 0.3 is 0 Å². The van der Waals surface area contributed by atoms with E-state index < -0.39 is 17.2 Å². The fourth-order valence-corrected chi connectivity index (χ4v) is 5.63. The van der Waals surface area contributed by atoms with Crippen LogP contribution < -0.4 is 20.5 Å². The van der Waals surface area contributed by atoms with Gasteiger partial charge in [-0.3, -0.25) is 14.5 Å². The highest BCUT2D eigenvalue weighted by Crippen LogP contribution is 2.51. The largest absolute Gasteiger partial charge is 0.487 e. The van der Waals surface area contributed by atoms with Gasteiger partial charge in [-0.15, -0.1) is 0 Å². The number of carbonyl (C=O) groups excluding carboxylic acids is 2. The van der Waals surface area contributed by atoms with Gasteiger partial charge in [0.15, 0.2) is 5.96 Å². The Hall–Kier alpha value is -3.62. The number of methoxy groups -OCH3 is 1. The summed E-state index contributed by atoms with van der Waals surface area (Å²) >= 11 is 0. The van der Waals surface area contributed by atoms with Crippen molar-refractivity contribution in [2.24, 2.45) is 22.6 Å². The molecule has 4 atom stereocenters. The lowest BCUT2D eigenvalue weighted by Crippen LogP contribution is -2.52. The molecule has 9 nitrogen and oxygen atoms in total. The molecule has 3 N–H and O–H groups in total. The quantitative estimate of drug-likeness (QED) is 0.620. The standard InChI is InChI=1S/C28H35N5O4/c1-27(2)14-23(34)33(26(29)32-27)24(16-10-11-22(36-5)30-15-16)18-12-19(18)25(35)31-20-13-28(3,4)37-21-9-7-6-8-17(20)21/h6-11,15,18-20,24H,12-14H2,1-5H3,(H2,29,32)(H,31,35). The molecular weight excluding hydrogens is 470 g/mol. The number of guanidine groups is 1. The van der Waals surface area contributed by atoms with Crippen molar-refractivity contribution in [1.29, 1.82) is 0 Å². The van der Waals surface area contributed by atoms with Crippen LogP contribution in [-0.2, 0) is 9.59 Å². The van der Waals surface area contributed by atoms with Gasteiger partial charge in [-0.1, -0.05) is 24.3 Å². The molecule has 0 bridgehead atoms. The Balaban J connectivity index is 1.41. The summed E-state index contributed by atoms with van der Waals surface area (Å²) in [5.74, 6) is 0.926. The van der Waals surface area contributed by atoms with E-state index in [1.54, 1.807) is 24.3 Å². The van der Waals surface area contributed by atoms with Crippen molar-refractivity contribution in [3.63, 3.8) is 0 Å². The molecule has 1 aromatic heterocycles. The summed E-state index contributed by atoms with van der Waals surface area (Å²) in [5.41, 5.74) is 7.17. The van der Waals surface area contributed by atoms with Crippen molar-refractivity contribution in [3.05, 3.63) is 53.7 Å². The molecule has 0 radical (unpaired) electrons. The molecule has 1 fully saturated rings. The van der Waals surface area contributed by atoms with E-state index in [2.05, 4.69) is 15.3 Å². The SMILES string of the molecule is COc1ccc(C(C2CC2C(=O)NC2CC(C)(C)Oc3ccccc32)N2C(=O)CC(C)(C)N=C2N)cn1. The number of hydrogen-bond donors (Lipinski definition) is 2. The van der Waals surface area contributed by atoms with Crippen LogP contribution in [-0.4, -0.2) is 45.9 Å². The third kappa shape index (κ3) is 4.99. The molecule has 1 aliphatic carbocycles. The number of nitrogens with one attached hydrogen (secondary N) is 1. The molecule has 2 aromatic rings. The van der Waals surface area contributed by atoms with Crippen LogP contribution in [0.15, 0.2) is 47.6 Å². The second kappa shape index (κ2) is 9.04. The van der Waals surface area contributed by atoms with E-state index in [0.717, 1.165) is 16.9 Å². The number of para-hydroxylation sites is 1. The molecule has 0 saturated heterocycles. The van der Waals surface area contributed by atoms with Gasteiger partial charge < -0.3 is 20.5 Å². The minimum Gasteiger partial charge on any atom is -0.487 e. The first kappa shape index (κ1) is 25.0. The molecule has 9 heteroatoms. The normalized spacial score (nSPS) is 26.3. The van der Waals surface area contributed by atoms with E-state index >= 15 is 0 Å². The van der Waals surface area contributed by atoms with E-state index in [-0.39, 0.29) is 42.1 Å². The minimum absolute atomic E-state index is 0.0331. The Morgan fingerprint density at radius 3 is 2.65 bits per heavy atom. The molecule has 2 amide bonds. The molecule has 1 aromatic carbocycles. The average Bonchev–Trinajstić information content (AvgIpc) is 3.61. The number of hydrogen-bond acceptors (Lipinski definition) is 7. The zero-order valence-corrected chi connectivity index (χ0v) is 22.0. The fraction of sp³-hybridized carbons (Fsp3) is 0.500. The lowest BCUT2D eigenvalue weighted by atomic mass is 9.89. The maximum Gasteiger partial charge on any atom is 0.232 e. The Kier molecular flexibility index (Phi) is 6.12. The van der Waals surface area contributed by atoms with Gasteiger partial charge in [0.2, 0.25) is 17.7 Å². The van der Waals surface area contributed by atoms with Crippen molar-refractivity contribution in [1.82, 2.24) is 15.2 Å². The molecule has 2 aliphatic heterocycles. The number of benzene rings is 1. The number of ether oxygens (including phenoxy) is 2. The number of amides is 2. The summed E-state index contributed by atoms with van der Waals surface area (Å²) < 4.78 is 11.3. The monoisotopic (exact) mass is 505 g/mol. The zero-order valence-electron chi connectivity index (χ0n) is 22.0. The molecule has 196 valence electrons. The number of aliphatic imine (C=N–C) groups is 1. The third-order valence-electron chi connectivity index (χ3n) is 7.38. The van der Waals surface area contributed by atoms with E-state index in [0.29, 0.717) is 18.7 Å². The van der Waals surface area contributed by atoms with Gasteiger partial charge in [-0.25, -0.2) is 9.98 Å². The number of pyridine rings is 1. The average molecular weight is 506 g/mol. The highest BCUT2D eigenvalue weighted by Gasteiger charge is 2.53. The summed E-state index contributed by atoms with van der Waals surface area (Å²) in [4.78, 5) is 37.3. The molecule has 3 aliphatic rings. The first-order valence-corrected chi connectivity index (χ1v) is 12.7. The van der Waals surface area contributed by atoms with Crippen molar-refractivity contribution in [3.8, 4) is 11.6 Å². The predicted octanol–water partition coefficient (Wildman–Crippen LogP) is 3.51. The number of rotatable bonds is 6. The fourth-order valence-electron chi connectivity index (χ4n) is 5.63. The van der Waals surface area contributed by atoms with Crippen molar-refractivity contribution >= 4 is 17.8 Å². The van der Waals surface area contributed by atoms with Gasteiger partial charge in [-0.05, 0) is 51.7 Å². The number of nitrogens with two attached hydrogens (primary N) is 1. The second-order valence-corrected chi connectivity index (χ2v) is 11.5. The molecule has 3 heterocycles. The minimum atomic E-state index is -0.566. The molecular formula is C28H35N5O4. The third-order valence-corrected chi connectivity index (χ3v) is 7.38. The summed E-state index contributed by atoms with van der Waals surface area (Å²) in [7, 11) is 1.55. The first-order chi connectivity index (χ1) is 17.5. The molecule has 4 unspecified atom stereocenters. The molecule has 0 spiro atoms. The van der Waals surface area contributed by atoms with Crippen molar-refractivity contribution in [2.75, 3.05) is 7.11 Å². The number of aromatic nitrogens is 1. The van der Waals surface area contributed by atoms with Crippen molar-refractivity contribution in [2.45, 2.75) is 70.2 Å². The number of nitrogens with zero attached hydrogens (tertiary/aromatic N) is 3. The van der Waals surface area contributed by atoms with Gasteiger partial charge in [-0.2, -0.15) is 0 Å². The maximum atomic E-state index is 13.5. The lowest BCUT2D eigenvalue weighted by molar-refractivity contribution is -0.132. The Morgan fingerprint density at radius 2 is 1.97 bits per heavy atom. The highest BCUT2D eigenvalue weighted by molar-refractivity contribution is 5.99. The van der Waals surface area contributed by atoms with Crippen LogP contribution in [0.5, 0.6) is 11.6 Å². The van der Waals surface area contributed by atoms with Crippen LogP contribution in [0.25, 0.3) is 0 Å². The molecule has 5 rings (SSSR count). The zero-order chi connectivity index (χ0) is 26.5. The summed E-state index contributed by atoms with van der Waals surface area (Å²) in [6, 6.07) is 10.9. The summed E-state index contributed by atoms with van der Waals surface area (Å²) in [6.07, 6.45) is 3.23. The van der Waals surface area contributed by atoms with Gasteiger partial charge in [0.05, 0.1) is 31.2 Å². The topological polar surface area (TPSA) is 119 Å². The Morgan fingerprint density at radius 1 is 1.22 bits per heavy atom. The second-order valence-electron chi connectivity index (χ2n) is 11.5. The van der Waals surface area contributed by atoms with E-state index in [4.69, 9.17) is 15.2 Å². The maximum absolute atomic E-state index is 13.5. The van der Waals surface area contributed by atoms with E-state index in [1.807, 2.05) is 58.0 Å². The van der Waals surface area contributed by atoms with Crippen LogP contribution in [0.1, 0.15) is 70.2 Å². The Bertz CT molecular complexity index is 1240. The lowest BCUT2D eigenvalue weighted by Gasteiger charge is -2.38. The predicted molar refractivity (Wildman–Crippen MR) is 139 cm³/mol. The van der Waals surface area contributed by atoms with Gasteiger partial charge in [0, 0.05) is 30.2 Å². The van der Waals surface area contributed by atoms with Crippen LogP contribution in [0.3, 0.4) is 0 Å². The summed E-state index contributed by atoms with van der Waals surface area (Å²) in [6.45, 7) is 7.83. The van der Waals surface area contributed by atoms with E-state index in [1.165, 1.54) is 0 Å². The Labute approximate surface area is 217 Å². The van der Waals surface area contributed by atoms with E-state index in [9.17, 15) is 9.59 Å². The van der Waals surface area contributed by atoms with Crippen LogP contribution in [0.4, 0.5) is 0 Å². The first-order valence-electron chi connectivity index (χ1n) is 12.7. The number of carbonyl (C=O) groups is 2. The van der Waals surface area contributed by atoms with Crippen molar-refractivity contribution < 1.29 is 19.1 Å². The molecule has 37 heavy (non-hydrogen) atoms. The summed E-state index contributed by atoms with van der Waals surface area (Å²) in [5, 5.41) is 3.27. The van der Waals surface area contributed by atoms with Gasteiger partial charge in [0.1, 0.15) is 11.4 Å². The smallest absolute Gasteiger partial charge is 0.232 e. The highest BCUT2D eigenvalue weighted by atomic mass is 16.5. The van der Waals surface area contributed by atoms with Crippen LogP contribution in [0, 0.1) is 11.8 Å².